The maximum atomic E-state index is 11.9. The van der Waals surface area contributed by atoms with Crippen LogP contribution in [-0.4, -0.2) is 22.1 Å². The number of aromatic nitrogens is 2. The molecule has 0 fully saturated rings. The van der Waals surface area contributed by atoms with Gasteiger partial charge in [0.15, 0.2) is 0 Å². The number of fused-ring (bicyclic) bond motifs is 1. The number of aryl methyl sites for hydroxylation is 1. The topological polar surface area (TPSA) is 59.0 Å². The Balaban J connectivity index is 1.57. The number of nitrogens with one attached hydrogen (secondary N) is 2. The molecule has 0 bridgehead atoms. The Morgan fingerprint density at radius 2 is 1.91 bits per heavy atom. The van der Waals surface area contributed by atoms with Gasteiger partial charge in [-0.1, -0.05) is 23.7 Å². The summed E-state index contributed by atoms with van der Waals surface area (Å²) in [6.07, 6.45) is 0. The second-order valence-electron chi connectivity index (χ2n) is 5.19. The number of imidazole rings is 1. The van der Waals surface area contributed by atoms with Crippen LogP contribution < -0.4 is 10.6 Å². The van der Waals surface area contributed by atoms with Crippen LogP contribution in [0.15, 0.2) is 48.5 Å². The number of benzene rings is 2. The average molecular weight is 329 g/mol. The zero-order chi connectivity index (χ0) is 16.2. The fourth-order valence-electron chi connectivity index (χ4n) is 2.47. The van der Waals surface area contributed by atoms with Gasteiger partial charge in [0.1, 0.15) is 5.82 Å². The Hall–Kier alpha value is -2.53. The van der Waals surface area contributed by atoms with Gasteiger partial charge in [-0.05, 0) is 43.3 Å². The van der Waals surface area contributed by atoms with Crippen molar-refractivity contribution in [3.63, 3.8) is 0 Å². The van der Waals surface area contributed by atoms with Crippen molar-refractivity contribution < 1.29 is 4.79 Å². The Bertz CT molecular complexity index is 826. The van der Waals surface area contributed by atoms with E-state index in [1.54, 1.807) is 24.3 Å². The molecule has 2 amide bonds. The molecule has 0 radical (unpaired) electrons. The SMILES string of the molecule is Cc1nc2ccccc2n1CCNC(=O)Nc1ccc(Cl)cc1. The van der Waals surface area contributed by atoms with Crippen LogP contribution in [0, 0.1) is 6.92 Å². The molecule has 3 rings (SSSR count). The summed E-state index contributed by atoms with van der Waals surface area (Å²) in [7, 11) is 0. The van der Waals surface area contributed by atoms with E-state index in [2.05, 4.69) is 20.2 Å². The van der Waals surface area contributed by atoms with Gasteiger partial charge in [0.25, 0.3) is 0 Å². The van der Waals surface area contributed by atoms with Crippen LogP contribution in [0.1, 0.15) is 5.82 Å². The predicted octanol–water partition coefficient (Wildman–Crippen LogP) is 3.82. The first kappa shape index (κ1) is 15.4. The predicted molar refractivity (Wildman–Crippen MR) is 92.9 cm³/mol. The third-order valence-electron chi connectivity index (χ3n) is 3.57. The van der Waals surface area contributed by atoms with E-state index in [-0.39, 0.29) is 6.03 Å². The van der Waals surface area contributed by atoms with E-state index in [0.717, 1.165) is 16.9 Å². The lowest BCUT2D eigenvalue weighted by Gasteiger charge is -2.10. The van der Waals surface area contributed by atoms with Crippen LogP contribution in [0.5, 0.6) is 0 Å². The molecule has 0 aliphatic rings. The first-order valence-electron chi connectivity index (χ1n) is 7.36. The average Bonchev–Trinajstić information content (AvgIpc) is 2.86. The molecule has 0 aliphatic carbocycles. The van der Waals surface area contributed by atoms with Gasteiger partial charge < -0.3 is 15.2 Å². The molecular formula is C17H17ClN4O. The van der Waals surface area contributed by atoms with E-state index < -0.39 is 0 Å². The maximum Gasteiger partial charge on any atom is 0.319 e. The van der Waals surface area contributed by atoms with Crippen molar-refractivity contribution in [2.75, 3.05) is 11.9 Å². The first-order valence-corrected chi connectivity index (χ1v) is 7.73. The van der Waals surface area contributed by atoms with Gasteiger partial charge in [-0.3, -0.25) is 0 Å². The highest BCUT2D eigenvalue weighted by Gasteiger charge is 2.07. The Labute approximate surface area is 139 Å². The van der Waals surface area contributed by atoms with E-state index in [1.807, 2.05) is 31.2 Å². The Kier molecular flexibility index (Phi) is 4.48. The molecule has 0 aliphatic heterocycles. The summed E-state index contributed by atoms with van der Waals surface area (Å²) in [5, 5.41) is 6.25. The number of halogens is 1. The van der Waals surface area contributed by atoms with E-state index in [9.17, 15) is 4.79 Å². The highest BCUT2D eigenvalue weighted by molar-refractivity contribution is 6.30. The van der Waals surface area contributed by atoms with Crippen molar-refractivity contribution in [3.8, 4) is 0 Å². The molecule has 0 unspecified atom stereocenters. The molecule has 6 heteroatoms. The summed E-state index contributed by atoms with van der Waals surface area (Å²) >= 11 is 5.81. The van der Waals surface area contributed by atoms with Crippen LogP contribution in [0.25, 0.3) is 11.0 Å². The number of hydrogen-bond acceptors (Lipinski definition) is 2. The molecule has 2 N–H and O–H groups in total. The quantitative estimate of drug-likeness (QED) is 0.765. The molecule has 1 heterocycles. The van der Waals surface area contributed by atoms with Crippen molar-refractivity contribution in [2.45, 2.75) is 13.5 Å². The molecule has 0 atom stereocenters. The standard InChI is InChI=1S/C17H17ClN4O/c1-12-20-15-4-2-3-5-16(15)22(12)11-10-19-17(23)21-14-8-6-13(18)7-9-14/h2-9H,10-11H2,1H3,(H2,19,21,23). The largest absolute Gasteiger partial charge is 0.336 e. The lowest BCUT2D eigenvalue weighted by Crippen LogP contribution is -2.31. The van der Waals surface area contributed by atoms with Crippen molar-refractivity contribution in [1.82, 2.24) is 14.9 Å². The summed E-state index contributed by atoms with van der Waals surface area (Å²) in [6.45, 7) is 3.15. The van der Waals surface area contributed by atoms with Gasteiger partial charge in [-0.15, -0.1) is 0 Å². The molecule has 1 aromatic heterocycles. The highest BCUT2D eigenvalue weighted by Crippen LogP contribution is 2.15. The van der Waals surface area contributed by atoms with Gasteiger partial charge in [0, 0.05) is 23.8 Å². The van der Waals surface area contributed by atoms with Crippen molar-refractivity contribution in [1.29, 1.82) is 0 Å². The number of amides is 2. The minimum atomic E-state index is -0.241. The zero-order valence-corrected chi connectivity index (χ0v) is 13.5. The maximum absolute atomic E-state index is 11.9. The van der Waals surface area contributed by atoms with Gasteiger partial charge in [-0.2, -0.15) is 0 Å². The van der Waals surface area contributed by atoms with Crippen LogP contribution in [0.4, 0.5) is 10.5 Å². The van der Waals surface area contributed by atoms with Crippen LogP contribution in [0.2, 0.25) is 5.02 Å². The third-order valence-corrected chi connectivity index (χ3v) is 3.82. The molecule has 0 saturated heterocycles. The summed E-state index contributed by atoms with van der Waals surface area (Å²) < 4.78 is 2.10. The minimum Gasteiger partial charge on any atom is -0.336 e. The number of hydrogen-bond donors (Lipinski definition) is 2. The highest BCUT2D eigenvalue weighted by atomic mass is 35.5. The second kappa shape index (κ2) is 6.71. The molecule has 23 heavy (non-hydrogen) atoms. The van der Waals surface area contributed by atoms with Gasteiger partial charge in [0.05, 0.1) is 11.0 Å². The number of carbonyl (C=O) groups excluding carboxylic acids is 1. The fraction of sp³-hybridized carbons (Fsp3) is 0.176. The Morgan fingerprint density at radius 1 is 1.17 bits per heavy atom. The molecule has 5 nitrogen and oxygen atoms in total. The van der Waals surface area contributed by atoms with E-state index >= 15 is 0 Å². The number of nitrogens with zero attached hydrogens (tertiary/aromatic N) is 2. The zero-order valence-electron chi connectivity index (χ0n) is 12.7. The second-order valence-corrected chi connectivity index (χ2v) is 5.62. The molecule has 118 valence electrons. The summed E-state index contributed by atoms with van der Waals surface area (Å²) in [5.74, 6) is 0.936. The van der Waals surface area contributed by atoms with Crippen LogP contribution in [-0.2, 0) is 6.54 Å². The van der Waals surface area contributed by atoms with E-state index in [1.165, 1.54) is 0 Å². The molecule has 0 spiro atoms. The molecule has 0 saturated carbocycles. The van der Waals surface area contributed by atoms with Gasteiger partial charge >= 0.3 is 6.03 Å². The minimum absolute atomic E-state index is 0.241. The molecule has 2 aromatic carbocycles. The smallest absolute Gasteiger partial charge is 0.319 e. The number of anilines is 1. The van der Waals surface area contributed by atoms with Gasteiger partial charge in [-0.25, -0.2) is 9.78 Å². The summed E-state index contributed by atoms with van der Waals surface area (Å²) in [5.41, 5.74) is 2.75. The van der Waals surface area contributed by atoms with Crippen LogP contribution in [0.3, 0.4) is 0 Å². The Morgan fingerprint density at radius 3 is 2.70 bits per heavy atom. The van der Waals surface area contributed by atoms with Crippen molar-refractivity contribution >= 4 is 34.4 Å². The lowest BCUT2D eigenvalue weighted by atomic mass is 10.3. The fourth-order valence-corrected chi connectivity index (χ4v) is 2.59. The van der Waals surface area contributed by atoms with Crippen LogP contribution >= 0.6 is 11.6 Å². The van der Waals surface area contributed by atoms with Gasteiger partial charge in [0.2, 0.25) is 0 Å². The first-order chi connectivity index (χ1) is 11.1. The third kappa shape index (κ3) is 3.63. The number of para-hydroxylation sites is 2. The summed E-state index contributed by atoms with van der Waals surface area (Å²) in [6, 6.07) is 14.7. The van der Waals surface area contributed by atoms with E-state index in [4.69, 9.17) is 11.6 Å². The normalized spacial score (nSPS) is 10.7. The number of rotatable bonds is 4. The number of urea groups is 1. The summed E-state index contributed by atoms with van der Waals surface area (Å²) in [4.78, 5) is 16.4. The van der Waals surface area contributed by atoms with Crippen molar-refractivity contribution in [3.05, 3.63) is 59.4 Å². The molecular weight excluding hydrogens is 312 g/mol. The lowest BCUT2D eigenvalue weighted by molar-refractivity contribution is 0.251. The van der Waals surface area contributed by atoms with Crippen molar-refractivity contribution in [2.24, 2.45) is 0 Å². The number of carbonyl (C=O) groups is 1. The monoisotopic (exact) mass is 328 g/mol. The molecule has 3 aromatic rings. The van der Waals surface area contributed by atoms with E-state index in [0.29, 0.717) is 23.8 Å².